The topological polar surface area (TPSA) is 54.4 Å². The first-order valence-electron chi connectivity index (χ1n) is 5.98. The molecule has 98 valence electrons. The Bertz CT molecular complexity index is 611. The smallest absolute Gasteiger partial charge is 0.152 e. The molecule has 1 aliphatic rings. The number of aromatic nitrogens is 1. The van der Waals surface area contributed by atoms with E-state index in [4.69, 9.17) is 16.3 Å². The Morgan fingerprint density at radius 3 is 3.05 bits per heavy atom. The third-order valence-electron chi connectivity index (χ3n) is 3.21. The molecular weight excluding hydrogens is 264 g/mol. The van der Waals surface area contributed by atoms with Crippen LogP contribution in [0.1, 0.15) is 17.2 Å². The molecule has 4 nitrogen and oxygen atoms in total. The number of aryl methyl sites for hydroxylation is 1. The summed E-state index contributed by atoms with van der Waals surface area (Å²) in [7, 11) is 0. The van der Waals surface area contributed by atoms with Crippen LogP contribution in [-0.4, -0.2) is 16.7 Å². The number of fused-ring (bicyclic) bond motifs is 1. The SMILES string of the molecule is Cc1ccnc(Cl)c1NC1COc2cc(O)ccc21. The van der Waals surface area contributed by atoms with E-state index in [0.717, 1.165) is 16.8 Å². The average molecular weight is 277 g/mol. The van der Waals surface area contributed by atoms with Crippen LogP contribution in [0.5, 0.6) is 11.5 Å². The average Bonchev–Trinajstić information content (AvgIpc) is 2.76. The van der Waals surface area contributed by atoms with Crippen molar-refractivity contribution in [3.63, 3.8) is 0 Å². The number of rotatable bonds is 2. The molecule has 0 aliphatic carbocycles. The molecule has 0 fully saturated rings. The second kappa shape index (κ2) is 4.63. The van der Waals surface area contributed by atoms with Crippen LogP contribution in [0.15, 0.2) is 30.5 Å². The zero-order chi connectivity index (χ0) is 13.4. The molecule has 0 amide bonds. The summed E-state index contributed by atoms with van der Waals surface area (Å²) in [6.45, 7) is 2.48. The van der Waals surface area contributed by atoms with Crippen molar-refractivity contribution in [2.45, 2.75) is 13.0 Å². The molecule has 5 heteroatoms. The summed E-state index contributed by atoms with van der Waals surface area (Å²) in [4.78, 5) is 4.07. The fourth-order valence-corrected chi connectivity index (χ4v) is 2.45. The van der Waals surface area contributed by atoms with E-state index in [-0.39, 0.29) is 11.8 Å². The monoisotopic (exact) mass is 276 g/mol. The molecule has 2 N–H and O–H groups in total. The second-order valence-electron chi connectivity index (χ2n) is 4.52. The van der Waals surface area contributed by atoms with Gasteiger partial charge in [0.25, 0.3) is 0 Å². The molecule has 1 aromatic carbocycles. The first-order valence-corrected chi connectivity index (χ1v) is 6.36. The Morgan fingerprint density at radius 2 is 2.26 bits per heavy atom. The highest BCUT2D eigenvalue weighted by Gasteiger charge is 2.25. The van der Waals surface area contributed by atoms with E-state index in [1.165, 1.54) is 0 Å². The van der Waals surface area contributed by atoms with Gasteiger partial charge < -0.3 is 15.2 Å². The number of phenolic OH excluding ortho intramolecular Hbond substituents is 1. The summed E-state index contributed by atoms with van der Waals surface area (Å²) in [5.74, 6) is 0.908. The van der Waals surface area contributed by atoms with E-state index < -0.39 is 0 Å². The number of anilines is 1. The molecule has 1 aliphatic heterocycles. The first-order chi connectivity index (χ1) is 9.15. The highest BCUT2D eigenvalue weighted by molar-refractivity contribution is 6.32. The molecule has 0 saturated heterocycles. The number of hydrogen-bond donors (Lipinski definition) is 2. The third-order valence-corrected chi connectivity index (χ3v) is 3.50. The fraction of sp³-hybridized carbons (Fsp3) is 0.214. The van der Waals surface area contributed by atoms with Gasteiger partial charge in [-0.25, -0.2) is 4.98 Å². The number of phenols is 1. The zero-order valence-corrected chi connectivity index (χ0v) is 11.1. The van der Waals surface area contributed by atoms with Crippen molar-refractivity contribution in [1.29, 1.82) is 0 Å². The summed E-state index contributed by atoms with van der Waals surface area (Å²) < 4.78 is 5.56. The second-order valence-corrected chi connectivity index (χ2v) is 4.88. The van der Waals surface area contributed by atoms with Crippen LogP contribution in [0.25, 0.3) is 0 Å². The molecule has 0 radical (unpaired) electrons. The molecular formula is C14H13ClN2O2. The molecule has 2 heterocycles. The minimum atomic E-state index is 0.0102. The molecule has 1 atom stereocenters. The summed E-state index contributed by atoms with van der Waals surface area (Å²) in [6.07, 6.45) is 1.68. The van der Waals surface area contributed by atoms with Gasteiger partial charge in [0.05, 0.1) is 11.7 Å². The molecule has 1 unspecified atom stereocenters. The largest absolute Gasteiger partial charge is 0.508 e. The van der Waals surface area contributed by atoms with Crippen molar-refractivity contribution in [2.24, 2.45) is 0 Å². The number of halogens is 1. The lowest BCUT2D eigenvalue weighted by atomic mass is 10.1. The van der Waals surface area contributed by atoms with Crippen LogP contribution < -0.4 is 10.1 Å². The van der Waals surface area contributed by atoms with Crippen molar-refractivity contribution in [1.82, 2.24) is 4.98 Å². The number of nitrogens with zero attached hydrogens (tertiary/aromatic N) is 1. The molecule has 0 spiro atoms. The normalized spacial score (nSPS) is 16.8. The Hall–Kier alpha value is -1.94. The number of nitrogens with one attached hydrogen (secondary N) is 1. The minimum Gasteiger partial charge on any atom is -0.508 e. The van der Waals surface area contributed by atoms with Gasteiger partial charge in [-0.1, -0.05) is 11.6 Å². The van der Waals surface area contributed by atoms with Gasteiger partial charge in [0, 0.05) is 17.8 Å². The van der Waals surface area contributed by atoms with Gasteiger partial charge in [-0.2, -0.15) is 0 Å². The Balaban J connectivity index is 1.91. The van der Waals surface area contributed by atoms with Gasteiger partial charge in [0.1, 0.15) is 18.1 Å². The predicted octanol–water partition coefficient (Wildman–Crippen LogP) is 3.29. The van der Waals surface area contributed by atoms with Crippen LogP contribution >= 0.6 is 11.6 Å². The van der Waals surface area contributed by atoms with E-state index in [9.17, 15) is 5.11 Å². The Morgan fingerprint density at radius 1 is 1.42 bits per heavy atom. The van der Waals surface area contributed by atoms with Crippen LogP contribution in [0.2, 0.25) is 5.15 Å². The molecule has 0 bridgehead atoms. The van der Waals surface area contributed by atoms with Crippen LogP contribution in [0.4, 0.5) is 5.69 Å². The van der Waals surface area contributed by atoms with E-state index in [1.807, 2.05) is 19.1 Å². The van der Waals surface area contributed by atoms with Gasteiger partial charge in [-0.15, -0.1) is 0 Å². The molecule has 0 saturated carbocycles. The van der Waals surface area contributed by atoms with Gasteiger partial charge in [-0.05, 0) is 30.7 Å². The third kappa shape index (κ3) is 2.19. The standard InChI is InChI=1S/C14H13ClN2O2/c1-8-4-5-16-14(15)13(8)17-11-7-19-12-6-9(18)2-3-10(11)12/h2-6,11,17-18H,7H2,1H3. The maximum atomic E-state index is 9.43. The van der Waals surface area contributed by atoms with Crippen LogP contribution in [-0.2, 0) is 0 Å². The van der Waals surface area contributed by atoms with Crippen molar-refractivity contribution >= 4 is 17.3 Å². The number of ether oxygens (including phenoxy) is 1. The summed E-state index contributed by atoms with van der Waals surface area (Å²) in [6, 6.07) is 7.04. The summed E-state index contributed by atoms with van der Waals surface area (Å²) in [5.41, 5.74) is 2.86. The lowest BCUT2D eigenvalue weighted by molar-refractivity contribution is 0.338. The molecule has 19 heavy (non-hydrogen) atoms. The zero-order valence-electron chi connectivity index (χ0n) is 10.4. The number of pyridine rings is 1. The van der Waals surface area contributed by atoms with Gasteiger partial charge in [0.15, 0.2) is 5.15 Å². The number of aromatic hydroxyl groups is 1. The lowest BCUT2D eigenvalue weighted by Gasteiger charge is -2.16. The Labute approximate surface area is 116 Å². The number of benzene rings is 1. The summed E-state index contributed by atoms with van der Waals surface area (Å²) in [5, 5.41) is 13.2. The minimum absolute atomic E-state index is 0.0102. The van der Waals surface area contributed by atoms with Crippen LogP contribution in [0, 0.1) is 6.92 Å². The lowest BCUT2D eigenvalue weighted by Crippen LogP contribution is -2.13. The van der Waals surface area contributed by atoms with Crippen molar-refractivity contribution in [3.05, 3.63) is 46.7 Å². The van der Waals surface area contributed by atoms with Gasteiger partial charge in [-0.3, -0.25) is 0 Å². The van der Waals surface area contributed by atoms with E-state index in [2.05, 4.69) is 10.3 Å². The van der Waals surface area contributed by atoms with Gasteiger partial charge >= 0.3 is 0 Å². The maximum Gasteiger partial charge on any atom is 0.152 e. The van der Waals surface area contributed by atoms with E-state index in [0.29, 0.717) is 17.5 Å². The van der Waals surface area contributed by atoms with E-state index in [1.54, 1.807) is 18.3 Å². The Kier molecular flexibility index (Phi) is 2.95. The summed E-state index contributed by atoms with van der Waals surface area (Å²) >= 11 is 6.11. The maximum absolute atomic E-state index is 9.43. The first kappa shape index (κ1) is 12.1. The number of hydrogen-bond acceptors (Lipinski definition) is 4. The highest BCUT2D eigenvalue weighted by Crippen LogP contribution is 2.38. The quantitative estimate of drug-likeness (QED) is 0.827. The molecule has 3 rings (SSSR count). The van der Waals surface area contributed by atoms with Crippen molar-refractivity contribution in [3.8, 4) is 11.5 Å². The predicted molar refractivity (Wildman–Crippen MR) is 73.9 cm³/mol. The van der Waals surface area contributed by atoms with Crippen molar-refractivity contribution in [2.75, 3.05) is 11.9 Å². The van der Waals surface area contributed by atoms with E-state index >= 15 is 0 Å². The van der Waals surface area contributed by atoms with Crippen LogP contribution in [0.3, 0.4) is 0 Å². The molecule has 2 aromatic rings. The van der Waals surface area contributed by atoms with Gasteiger partial charge in [0.2, 0.25) is 0 Å². The van der Waals surface area contributed by atoms with Crippen molar-refractivity contribution < 1.29 is 9.84 Å². The molecule has 1 aromatic heterocycles. The fourth-order valence-electron chi connectivity index (χ4n) is 2.19. The highest BCUT2D eigenvalue weighted by atomic mass is 35.5.